The number of hydrogen-bond acceptors (Lipinski definition) is 5. The molecule has 0 radical (unpaired) electrons. The highest BCUT2D eigenvalue weighted by Gasteiger charge is 2.35. The van der Waals surface area contributed by atoms with Gasteiger partial charge < -0.3 is 10.5 Å². The van der Waals surface area contributed by atoms with Crippen molar-refractivity contribution in [2.24, 2.45) is 5.73 Å². The molecule has 2 saturated heterocycles. The van der Waals surface area contributed by atoms with Crippen LogP contribution in [0, 0.1) is 0 Å². The van der Waals surface area contributed by atoms with Crippen molar-refractivity contribution in [2.75, 3.05) is 19.7 Å². The van der Waals surface area contributed by atoms with E-state index >= 15 is 0 Å². The summed E-state index contributed by atoms with van der Waals surface area (Å²) in [4.78, 5) is 8.79. The predicted octanol–water partition coefficient (Wildman–Crippen LogP) is 2.01. The molecule has 1 aromatic heterocycles. The number of ether oxygens (including phenoxy) is 1. The van der Waals surface area contributed by atoms with Gasteiger partial charge in [-0.2, -0.15) is 0 Å². The summed E-state index contributed by atoms with van der Waals surface area (Å²) in [6, 6.07) is 0.810. The van der Waals surface area contributed by atoms with Gasteiger partial charge in [0.15, 0.2) is 0 Å². The number of morpholine rings is 1. The van der Waals surface area contributed by atoms with E-state index in [2.05, 4.69) is 4.90 Å². The minimum atomic E-state index is 0.150. The number of nitrogens with zero attached hydrogens (tertiary/aromatic N) is 2. The maximum atomic E-state index is 6.17. The number of hydrogen-bond donors (Lipinski definition) is 1. The molecule has 2 fully saturated rings. The van der Waals surface area contributed by atoms with Crippen molar-refractivity contribution >= 4 is 11.3 Å². The Kier molecular flexibility index (Phi) is 3.10. The average molecular weight is 279 g/mol. The van der Waals surface area contributed by atoms with Gasteiger partial charge in [-0.3, -0.25) is 4.90 Å². The monoisotopic (exact) mass is 279 g/mol. The predicted molar refractivity (Wildman–Crippen MR) is 75.3 cm³/mol. The van der Waals surface area contributed by atoms with Crippen molar-refractivity contribution in [3.63, 3.8) is 0 Å². The normalized spacial score (nSPS) is 35.1. The van der Waals surface area contributed by atoms with Gasteiger partial charge in [0.1, 0.15) is 11.1 Å². The van der Waals surface area contributed by atoms with Crippen LogP contribution in [0.2, 0.25) is 0 Å². The van der Waals surface area contributed by atoms with Crippen LogP contribution in [0.3, 0.4) is 0 Å². The van der Waals surface area contributed by atoms with Crippen LogP contribution in [0.15, 0.2) is 0 Å². The molecular formula is C14H21N3OS. The summed E-state index contributed by atoms with van der Waals surface area (Å²) in [5, 5.41) is 1.16. The van der Waals surface area contributed by atoms with Crippen molar-refractivity contribution in [1.29, 1.82) is 0 Å². The molecule has 104 valence electrons. The smallest absolute Gasteiger partial charge is 0.123 e. The third-order valence-corrected chi connectivity index (χ3v) is 5.90. The lowest BCUT2D eigenvalue weighted by molar-refractivity contribution is -0.0503. The molecule has 19 heavy (non-hydrogen) atoms. The fraction of sp³-hybridized carbons (Fsp3) is 0.786. The molecule has 3 atom stereocenters. The first-order valence-corrected chi connectivity index (χ1v) is 8.23. The van der Waals surface area contributed by atoms with Gasteiger partial charge in [0.2, 0.25) is 0 Å². The number of nitrogens with two attached hydrogens (primary N) is 1. The first-order chi connectivity index (χ1) is 9.31. The number of fused-ring (bicyclic) bond motifs is 2. The minimum Gasteiger partial charge on any atom is -0.368 e. The molecule has 0 saturated carbocycles. The molecule has 4 rings (SSSR count). The first-order valence-electron chi connectivity index (χ1n) is 7.42. The van der Waals surface area contributed by atoms with Crippen LogP contribution in [-0.2, 0) is 11.2 Å². The first kappa shape index (κ1) is 12.3. The number of thiazole rings is 1. The van der Waals surface area contributed by atoms with Crippen molar-refractivity contribution in [3.8, 4) is 0 Å². The van der Waals surface area contributed by atoms with Gasteiger partial charge in [0.05, 0.1) is 12.3 Å². The Balaban J connectivity index is 1.56. The Hall–Kier alpha value is -0.490. The Morgan fingerprint density at radius 1 is 1.32 bits per heavy atom. The van der Waals surface area contributed by atoms with Crippen LogP contribution in [0.1, 0.15) is 53.4 Å². The SMILES string of the molecule is NC1CCCc2sc(C3CN4CCCC4CO3)nc21. The van der Waals surface area contributed by atoms with Gasteiger partial charge in [0, 0.05) is 23.5 Å². The zero-order valence-electron chi connectivity index (χ0n) is 11.2. The lowest BCUT2D eigenvalue weighted by atomic mass is 9.99. The summed E-state index contributed by atoms with van der Waals surface area (Å²) >= 11 is 1.84. The Labute approximate surface area is 118 Å². The number of aromatic nitrogens is 1. The summed E-state index contributed by atoms with van der Waals surface area (Å²) in [5.41, 5.74) is 7.32. The molecule has 2 aliphatic heterocycles. The van der Waals surface area contributed by atoms with Crippen LogP contribution >= 0.6 is 11.3 Å². The molecule has 4 nitrogen and oxygen atoms in total. The van der Waals surface area contributed by atoms with Crippen molar-refractivity contribution in [2.45, 2.75) is 50.3 Å². The second-order valence-corrected chi connectivity index (χ2v) is 7.09. The number of rotatable bonds is 1. The maximum Gasteiger partial charge on any atom is 0.123 e. The quantitative estimate of drug-likeness (QED) is 0.854. The second kappa shape index (κ2) is 4.81. The highest BCUT2D eigenvalue weighted by molar-refractivity contribution is 7.11. The Morgan fingerprint density at radius 2 is 2.26 bits per heavy atom. The van der Waals surface area contributed by atoms with E-state index in [1.54, 1.807) is 0 Å². The molecule has 3 heterocycles. The summed E-state index contributed by atoms with van der Waals surface area (Å²) in [6.07, 6.45) is 6.23. The lowest BCUT2D eigenvalue weighted by Gasteiger charge is -2.34. The molecule has 2 N–H and O–H groups in total. The van der Waals surface area contributed by atoms with Crippen LogP contribution in [0.5, 0.6) is 0 Å². The number of aryl methyl sites for hydroxylation is 1. The summed E-state index contributed by atoms with van der Waals surface area (Å²) in [7, 11) is 0. The van der Waals surface area contributed by atoms with E-state index in [1.165, 1.54) is 30.7 Å². The maximum absolute atomic E-state index is 6.17. The van der Waals surface area contributed by atoms with Gasteiger partial charge in [-0.15, -0.1) is 11.3 Å². The Bertz CT molecular complexity index is 475. The van der Waals surface area contributed by atoms with E-state index in [9.17, 15) is 0 Å². The Morgan fingerprint density at radius 3 is 3.16 bits per heavy atom. The van der Waals surface area contributed by atoms with Gasteiger partial charge in [-0.25, -0.2) is 4.98 Å². The molecular weight excluding hydrogens is 258 g/mol. The second-order valence-electron chi connectivity index (χ2n) is 5.97. The zero-order valence-corrected chi connectivity index (χ0v) is 12.0. The summed E-state index contributed by atoms with van der Waals surface area (Å²) < 4.78 is 6.06. The third-order valence-electron chi connectivity index (χ3n) is 4.68. The van der Waals surface area contributed by atoms with E-state index < -0.39 is 0 Å². The van der Waals surface area contributed by atoms with Crippen molar-refractivity contribution in [3.05, 3.63) is 15.6 Å². The molecule has 0 amide bonds. The topological polar surface area (TPSA) is 51.4 Å². The molecule has 0 aromatic carbocycles. The molecule has 1 aliphatic carbocycles. The van der Waals surface area contributed by atoms with Gasteiger partial charge in [-0.05, 0) is 38.6 Å². The van der Waals surface area contributed by atoms with Crippen molar-refractivity contribution in [1.82, 2.24) is 9.88 Å². The van der Waals surface area contributed by atoms with Gasteiger partial charge in [0.25, 0.3) is 0 Å². The van der Waals surface area contributed by atoms with E-state index in [0.29, 0.717) is 6.04 Å². The molecule has 1 aromatic rings. The van der Waals surface area contributed by atoms with Crippen LogP contribution in [-0.4, -0.2) is 35.6 Å². The minimum absolute atomic E-state index is 0.150. The highest BCUT2D eigenvalue weighted by Crippen LogP contribution is 2.37. The van der Waals surface area contributed by atoms with E-state index in [1.807, 2.05) is 11.3 Å². The summed E-state index contributed by atoms with van der Waals surface area (Å²) in [6.45, 7) is 3.13. The molecule has 0 bridgehead atoms. The van der Waals surface area contributed by atoms with Crippen molar-refractivity contribution < 1.29 is 4.74 Å². The standard InChI is InChI=1S/C14H21N3OS/c15-10-4-1-5-12-13(10)16-14(19-12)11-7-17-6-2-3-9(17)8-18-11/h9-11H,1-8,15H2. The molecule has 0 spiro atoms. The van der Waals surface area contributed by atoms with E-state index in [4.69, 9.17) is 15.5 Å². The van der Waals surface area contributed by atoms with Crippen LogP contribution in [0.4, 0.5) is 0 Å². The lowest BCUT2D eigenvalue weighted by Crippen LogP contribution is -2.42. The largest absolute Gasteiger partial charge is 0.368 e. The van der Waals surface area contributed by atoms with Crippen LogP contribution in [0.25, 0.3) is 0 Å². The average Bonchev–Trinajstić information content (AvgIpc) is 3.04. The fourth-order valence-corrected chi connectivity index (χ4v) is 4.79. The van der Waals surface area contributed by atoms with E-state index in [0.717, 1.165) is 36.7 Å². The third kappa shape index (κ3) is 2.13. The molecule has 3 aliphatic rings. The highest BCUT2D eigenvalue weighted by atomic mass is 32.1. The van der Waals surface area contributed by atoms with E-state index in [-0.39, 0.29) is 12.1 Å². The summed E-state index contributed by atoms with van der Waals surface area (Å²) in [5.74, 6) is 0. The zero-order chi connectivity index (χ0) is 12.8. The van der Waals surface area contributed by atoms with Gasteiger partial charge in [-0.1, -0.05) is 0 Å². The molecule has 5 heteroatoms. The van der Waals surface area contributed by atoms with Crippen LogP contribution < -0.4 is 5.73 Å². The fourth-order valence-electron chi connectivity index (χ4n) is 3.57. The molecule has 3 unspecified atom stereocenters. The van der Waals surface area contributed by atoms with Gasteiger partial charge >= 0.3 is 0 Å².